The zero-order valence-corrected chi connectivity index (χ0v) is 23.7. The number of benzene rings is 3. The van der Waals surface area contributed by atoms with Gasteiger partial charge in [-0.3, -0.25) is 4.72 Å². The van der Waals surface area contributed by atoms with Gasteiger partial charge in [-0.25, -0.2) is 16.8 Å². The molecule has 1 aliphatic heterocycles. The minimum absolute atomic E-state index is 0.0215. The molecule has 14 heteroatoms. The lowest BCUT2D eigenvalue weighted by Gasteiger charge is -2.26. The van der Waals surface area contributed by atoms with E-state index in [4.69, 9.17) is 26.4 Å². The van der Waals surface area contributed by atoms with Crippen LogP contribution < -0.4 is 24.8 Å². The zero-order valence-electron chi connectivity index (χ0n) is 21.2. The summed E-state index contributed by atoms with van der Waals surface area (Å²) in [5.41, 5.74) is 1.29. The van der Waals surface area contributed by atoms with Crippen molar-refractivity contribution in [1.82, 2.24) is 4.31 Å². The highest BCUT2D eigenvalue weighted by molar-refractivity contribution is 7.92. The second-order valence-corrected chi connectivity index (χ2v) is 12.3. The fourth-order valence-corrected chi connectivity index (χ4v) is 6.53. The number of morpholine rings is 1. The van der Waals surface area contributed by atoms with E-state index in [9.17, 15) is 16.8 Å². The molecule has 39 heavy (non-hydrogen) atoms. The van der Waals surface area contributed by atoms with Crippen molar-refractivity contribution >= 4 is 54.4 Å². The number of nitrogens with zero attached hydrogens (tertiary/aromatic N) is 1. The van der Waals surface area contributed by atoms with E-state index < -0.39 is 20.0 Å². The van der Waals surface area contributed by atoms with Crippen LogP contribution in [0.3, 0.4) is 0 Å². The van der Waals surface area contributed by atoms with Gasteiger partial charge in [-0.05, 0) is 60.7 Å². The smallest absolute Gasteiger partial charge is 0.262 e. The van der Waals surface area contributed by atoms with Gasteiger partial charge in [-0.1, -0.05) is 12.1 Å². The first-order valence-electron chi connectivity index (χ1n) is 11.7. The fourth-order valence-electron chi connectivity index (χ4n) is 3.81. The quantitative estimate of drug-likeness (QED) is 0.318. The molecule has 1 saturated heterocycles. The largest absolute Gasteiger partial charge is 0.495 e. The number of nitrogens with one attached hydrogen (secondary N) is 3. The van der Waals surface area contributed by atoms with Gasteiger partial charge in [0.25, 0.3) is 10.0 Å². The number of methoxy groups -OCH3 is 2. The highest BCUT2D eigenvalue weighted by Crippen LogP contribution is 2.31. The van der Waals surface area contributed by atoms with Gasteiger partial charge < -0.3 is 24.8 Å². The van der Waals surface area contributed by atoms with Gasteiger partial charge in [-0.15, -0.1) is 0 Å². The lowest BCUT2D eigenvalue weighted by molar-refractivity contribution is 0.0730. The van der Waals surface area contributed by atoms with E-state index in [0.29, 0.717) is 49.1 Å². The Labute approximate surface area is 233 Å². The van der Waals surface area contributed by atoms with E-state index in [2.05, 4.69) is 15.4 Å². The zero-order chi connectivity index (χ0) is 28.0. The molecule has 208 valence electrons. The van der Waals surface area contributed by atoms with Crippen LogP contribution in [0.25, 0.3) is 0 Å². The molecular formula is C25H28N4O7S3. The minimum Gasteiger partial charge on any atom is -0.495 e. The number of rotatable bonds is 9. The Kier molecular flexibility index (Phi) is 8.92. The van der Waals surface area contributed by atoms with Crippen molar-refractivity contribution in [3.8, 4) is 11.5 Å². The summed E-state index contributed by atoms with van der Waals surface area (Å²) in [6, 6.07) is 17.2. The third-order valence-electron chi connectivity index (χ3n) is 5.80. The van der Waals surface area contributed by atoms with E-state index in [0.717, 1.165) is 0 Å². The van der Waals surface area contributed by atoms with Crippen molar-refractivity contribution in [2.45, 2.75) is 9.79 Å². The maximum Gasteiger partial charge on any atom is 0.262 e. The Balaban J connectivity index is 1.44. The van der Waals surface area contributed by atoms with Gasteiger partial charge in [0.05, 0.1) is 48.6 Å². The summed E-state index contributed by atoms with van der Waals surface area (Å²) in [6.45, 7) is 1.37. The summed E-state index contributed by atoms with van der Waals surface area (Å²) in [5.74, 6) is 0.628. The van der Waals surface area contributed by atoms with Crippen LogP contribution in [0.5, 0.6) is 11.5 Å². The molecular weight excluding hydrogens is 564 g/mol. The Morgan fingerprint density at radius 1 is 0.821 bits per heavy atom. The molecule has 0 aromatic heterocycles. The molecule has 0 atom stereocenters. The van der Waals surface area contributed by atoms with E-state index in [-0.39, 0.29) is 20.7 Å². The number of anilines is 3. The average Bonchev–Trinajstić information content (AvgIpc) is 2.94. The number of hydrogen-bond donors (Lipinski definition) is 3. The van der Waals surface area contributed by atoms with Gasteiger partial charge in [0, 0.05) is 24.8 Å². The normalized spacial score (nSPS) is 14.3. The van der Waals surface area contributed by atoms with E-state index in [1.165, 1.54) is 48.9 Å². The van der Waals surface area contributed by atoms with Crippen molar-refractivity contribution in [2.24, 2.45) is 0 Å². The van der Waals surface area contributed by atoms with Crippen LogP contribution >= 0.6 is 12.2 Å². The van der Waals surface area contributed by atoms with Gasteiger partial charge >= 0.3 is 0 Å². The number of hydrogen-bond acceptors (Lipinski definition) is 8. The molecule has 3 aromatic rings. The van der Waals surface area contributed by atoms with Crippen LogP contribution in [0.4, 0.5) is 17.1 Å². The van der Waals surface area contributed by atoms with Crippen LogP contribution in [0.2, 0.25) is 0 Å². The molecule has 0 saturated carbocycles. The maximum atomic E-state index is 13.0. The van der Waals surface area contributed by atoms with Crippen molar-refractivity contribution in [2.75, 3.05) is 55.9 Å². The summed E-state index contributed by atoms with van der Waals surface area (Å²) in [5, 5.41) is 6.15. The molecule has 3 aromatic carbocycles. The summed E-state index contributed by atoms with van der Waals surface area (Å²) in [4.78, 5) is 0.153. The van der Waals surface area contributed by atoms with Crippen molar-refractivity contribution < 1.29 is 31.0 Å². The predicted octanol–water partition coefficient (Wildman–Crippen LogP) is 3.33. The standard InChI is InChI=1S/C25H28N4O7S3/c1-34-23-6-4-3-5-22(23)28-38(30,31)20-11-12-21(24(17-20)35-2)27-25(37)26-18-7-9-19(10-8-18)39(32,33)29-13-15-36-16-14-29/h3-12,17,28H,13-16H2,1-2H3,(H2,26,27,37). The predicted molar refractivity (Wildman–Crippen MR) is 153 cm³/mol. The topological polar surface area (TPSA) is 135 Å². The molecule has 0 spiro atoms. The van der Waals surface area contributed by atoms with Crippen molar-refractivity contribution in [3.05, 3.63) is 66.7 Å². The Morgan fingerprint density at radius 3 is 2.13 bits per heavy atom. The average molecular weight is 593 g/mol. The third-order valence-corrected chi connectivity index (χ3v) is 9.28. The van der Waals surface area contributed by atoms with E-state index in [1.807, 2.05) is 0 Å². The molecule has 3 N–H and O–H groups in total. The monoisotopic (exact) mass is 592 g/mol. The molecule has 0 aliphatic carbocycles. The third kappa shape index (κ3) is 6.78. The maximum absolute atomic E-state index is 13.0. The Bertz CT molecular complexity index is 1540. The van der Waals surface area contributed by atoms with E-state index in [1.54, 1.807) is 36.4 Å². The van der Waals surface area contributed by atoms with Gasteiger partial charge in [0.2, 0.25) is 10.0 Å². The molecule has 11 nitrogen and oxygen atoms in total. The fraction of sp³-hybridized carbons (Fsp3) is 0.240. The summed E-state index contributed by atoms with van der Waals surface area (Å²) >= 11 is 5.39. The first kappa shape index (κ1) is 28.6. The van der Waals surface area contributed by atoms with Crippen LogP contribution in [0.15, 0.2) is 76.5 Å². The summed E-state index contributed by atoms with van der Waals surface area (Å²) in [6.07, 6.45) is 0. The number of sulfonamides is 2. The summed E-state index contributed by atoms with van der Waals surface area (Å²) in [7, 11) is -4.68. The van der Waals surface area contributed by atoms with Crippen molar-refractivity contribution in [3.63, 3.8) is 0 Å². The van der Waals surface area contributed by atoms with E-state index >= 15 is 0 Å². The Morgan fingerprint density at radius 2 is 1.46 bits per heavy atom. The van der Waals surface area contributed by atoms with Gasteiger partial charge in [0.15, 0.2) is 5.11 Å². The molecule has 4 rings (SSSR count). The van der Waals surface area contributed by atoms with Crippen molar-refractivity contribution in [1.29, 1.82) is 0 Å². The number of ether oxygens (including phenoxy) is 3. The van der Waals surface area contributed by atoms with Crippen LogP contribution in [0, 0.1) is 0 Å². The van der Waals surface area contributed by atoms with Gasteiger partial charge in [-0.2, -0.15) is 4.31 Å². The lowest BCUT2D eigenvalue weighted by atomic mass is 10.3. The first-order chi connectivity index (χ1) is 18.6. The number of thiocarbonyl (C=S) groups is 1. The van der Waals surface area contributed by atoms with Crippen LogP contribution in [-0.2, 0) is 24.8 Å². The molecule has 0 bridgehead atoms. The van der Waals surface area contributed by atoms with Crippen LogP contribution in [0.1, 0.15) is 0 Å². The molecule has 0 unspecified atom stereocenters. The number of para-hydroxylation sites is 2. The second-order valence-electron chi connectivity index (χ2n) is 8.29. The molecule has 0 radical (unpaired) electrons. The molecule has 1 fully saturated rings. The minimum atomic E-state index is -3.94. The lowest BCUT2D eigenvalue weighted by Crippen LogP contribution is -2.40. The highest BCUT2D eigenvalue weighted by atomic mass is 32.2. The Hall–Kier alpha value is -3.43. The summed E-state index contributed by atoms with van der Waals surface area (Å²) < 4.78 is 71.3. The molecule has 1 aliphatic rings. The SMILES string of the molecule is COc1cc(S(=O)(=O)Nc2ccccc2OC)ccc1NC(=S)Nc1ccc(S(=O)(=O)N2CCOCC2)cc1. The first-order valence-corrected chi connectivity index (χ1v) is 15.1. The molecule has 0 amide bonds. The highest BCUT2D eigenvalue weighted by Gasteiger charge is 2.26. The van der Waals surface area contributed by atoms with Gasteiger partial charge in [0.1, 0.15) is 11.5 Å². The molecule has 1 heterocycles. The van der Waals surface area contributed by atoms with Crippen LogP contribution in [-0.4, -0.2) is 66.8 Å². The second kappa shape index (κ2) is 12.2.